The van der Waals surface area contributed by atoms with E-state index in [4.69, 9.17) is 15.2 Å². The van der Waals surface area contributed by atoms with Crippen molar-refractivity contribution in [3.63, 3.8) is 0 Å². The quantitative estimate of drug-likeness (QED) is 0.685. The summed E-state index contributed by atoms with van der Waals surface area (Å²) in [4.78, 5) is 11.0. The van der Waals surface area contributed by atoms with Gasteiger partial charge in [0, 0.05) is 12.2 Å². The van der Waals surface area contributed by atoms with Gasteiger partial charge in [-0.1, -0.05) is 52.0 Å². The molecule has 27 heavy (non-hydrogen) atoms. The Morgan fingerprint density at radius 2 is 1.67 bits per heavy atom. The lowest BCUT2D eigenvalue weighted by molar-refractivity contribution is -0.119. The van der Waals surface area contributed by atoms with Crippen molar-refractivity contribution < 1.29 is 14.3 Å². The average molecular weight is 370 g/mol. The maximum Gasteiger partial charge on any atom is 0.255 e. The summed E-state index contributed by atoms with van der Waals surface area (Å²) in [6, 6.07) is 12.2. The molecule has 0 fully saturated rings. The van der Waals surface area contributed by atoms with Crippen LogP contribution in [0.5, 0.6) is 11.5 Å². The van der Waals surface area contributed by atoms with E-state index in [0.717, 1.165) is 5.56 Å². The first-order chi connectivity index (χ1) is 12.8. The van der Waals surface area contributed by atoms with Gasteiger partial charge in [-0.15, -0.1) is 0 Å². The highest BCUT2D eigenvalue weighted by atomic mass is 16.5. The molecule has 0 radical (unpaired) electrons. The Balaban J connectivity index is 2.26. The van der Waals surface area contributed by atoms with E-state index < -0.39 is 5.91 Å². The van der Waals surface area contributed by atoms with Gasteiger partial charge in [-0.2, -0.15) is 0 Å². The molecule has 5 nitrogen and oxygen atoms in total. The first-order valence-electron chi connectivity index (χ1n) is 9.28. The topological polar surface area (TPSA) is 73.6 Å². The van der Waals surface area contributed by atoms with Gasteiger partial charge >= 0.3 is 0 Å². The third-order valence-electron chi connectivity index (χ3n) is 4.44. The highest BCUT2D eigenvalue weighted by Crippen LogP contribution is 2.33. The zero-order chi connectivity index (χ0) is 20.0. The molecular weight excluding hydrogens is 340 g/mol. The lowest BCUT2D eigenvalue weighted by Crippen LogP contribution is -2.20. The number of carbonyl (C=O) groups is 1. The van der Waals surface area contributed by atoms with E-state index in [-0.39, 0.29) is 6.61 Å². The zero-order valence-electron chi connectivity index (χ0n) is 16.8. The van der Waals surface area contributed by atoms with E-state index in [1.165, 1.54) is 16.8 Å². The van der Waals surface area contributed by atoms with E-state index in [1.54, 1.807) is 7.11 Å². The highest BCUT2D eigenvalue weighted by Gasteiger charge is 2.14. The largest absolute Gasteiger partial charge is 0.493 e. The van der Waals surface area contributed by atoms with Gasteiger partial charge in [0.2, 0.25) is 0 Å². The number of primary amides is 1. The van der Waals surface area contributed by atoms with Crippen molar-refractivity contribution in [3.05, 3.63) is 53.1 Å². The van der Waals surface area contributed by atoms with Crippen LogP contribution in [-0.4, -0.2) is 19.6 Å². The molecule has 0 aliphatic heterocycles. The molecule has 0 aromatic heterocycles. The second-order valence-electron chi connectivity index (χ2n) is 7.21. The first kappa shape index (κ1) is 20.6. The number of hydrogen-bond donors (Lipinski definition) is 2. The van der Waals surface area contributed by atoms with Crippen molar-refractivity contribution in [1.82, 2.24) is 0 Å². The number of benzene rings is 2. The van der Waals surface area contributed by atoms with Crippen molar-refractivity contribution in [3.8, 4) is 11.5 Å². The third kappa shape index (κ3) is 5.39. The monoisotopic (exact) mass is 370 g/mol. The molecule has 3 N–H and O–H groups in total. The Hall–Kier alpha value is -2.69. The van der Waals surface area contributed by atoms with Gasteiger partial charge in [-0.05, 0) is 40.7 Å². The van der Waals surface area contributed by atoms with Gasteiger partial charge in [-0.3, -0.25) is 4.79 Å². The minimum Gasteiger partial charge on any atom is -0.493 e. The van der Waals surface area contributed by atoms with Crippen molar-refractivity contribution in [2.75, 3.05) is 19.0 Å². The summed E-state index contributed by atoms with van der Waals surface area (Å²) >= 11 is 0. The van der Waals surface area contributed by atoms with Crippen LogP contribution in [0.1, 0.15) is 56.2 Å². The van der Waals surface area contributed by atoms with Crippen LogP contribution in [0.25, 0.3) is 0 Å². The number of para-hydroxylation sites is 1. The third-order valence-corrected chi connectivity index (χ3v) is 4.44. The summed E-state index contributed by atoms with van der Waals surface area (Å²) in [7, 11) is 1.57. The van der Waals surface area contributed by atoms with Crippen LogP contribution < -0.4 is 20.5 Å². The summed E-state index contributed by atoms with van der Waals surface area (Å²) in [6.45, 7) is 9.27. The normalized spacial score (nSPS) is 10.9. The Labute approximate surface area is 161 Å². The fourth-order valence-corrected chi connectivity index (χ4v) is 3.04. The summed E-state index contributed by atoms with van der Waals surface area (Å²) in [5, 5.41) is 3.60. The maximum absolute atomic E-state index is 11.0. The molecule has 0 aliphatic carbocycles. The SMILES string of the molecule is COc1ccc(CNc2c(C(C)C)cccc2C(C)C)cc1OCC(N)=O. The van der Waals surface area contributed by atoms with Crippen LogP contribution in [0.3, 0.4) is 0 Å². The van der Waals surface area contributed by atoms with E-state index in [1.807, 2.05) is 18.2 Å². The molecule has 2 rings (SSSR count). The average Bonchev–Trinajstić information content (AvgIpc) is 2.64. The van der Waals surface area contributed by atoms with Crippen LogP contribution in [0.4, 0.5) is 5.69 Å². The minimum absolute atomic E-state index is 0.180. The predicted octanol–water partition coefficient (Wildman–Crippen LogP) is 4.42. The lowest BCUT2D eigenvalue weighted by atomic mass is 9.92. The van der Waals surface area contributed by atoms with E-state index in [0.29, 0.717) is 29.9 Å². The first-order valence-corrected chi connectivity index (χ1v) is 9.28. The van der Waals surface area contributed by atoms with Gasteiger partial charge in [-0.25, -0.2) is 0 Å². The van der Waals surface area contributed by atoms with Crippen LogP contribution >= 0.6 is 0 Å². The van der Waals surface area contributed by atoms with Crippen molar-refractivity contribution in [2.24, 2.45) is 5.73 Å². The standard InChI is InChI=1S/C22H30N2O3/c1-14(2)17-7-6-8-18(15(3)4)22(17)24-12-16-9-10-19(26-5)20(11-16)27-13-21(23)25/h6-11,14-15,24H,12-13H2,1-5H3,(H2,23,25). The number of nitrogens with two attached hydrogens (primary N) is 1. The van der Waals surface area contributed by atoms with Gasteiger partial charge in [0.15, 0.2) is 18.1 Å². The Kier molecular flexibility index (Phi) is 7.11. The molecule has 0 aliphatic rings. The van der Waals surface area contributed by atoms with Crippen molar-refractivity contribution in [1.29, 1.82) is 0 Å². The molecule has 2 aromatic carbocycles. The van der Waals surface area contributed by atoms with E-state index in [2.05, 4.69) is 51.2 Å². The van der Waals surface area contributed by atoms with Gasteiger partial charge in [0.25, 0.3) is 5.91 Å². The highest BCUT2D eigenvalue weighted by molar-refractivity contribution is 5.75. The smallest absolute Gasteiger partial charge is 0.255 e. The number of methoxy groups -OCH3 is 1. The van der Waals surface area contributed by atoms with E-state index in [9.17, 15) is 4.79 Å². The molecule has 0 spiro atoms. The van der Waals surface area contributed by atoms with Crippen LogP contribution in [0, 0.1) is 0 Å². The molecular formula is C22H30N2O3. The van der Waals surface area contributed by atoms with Crippen molar-refractivity contribution in [2.45, 2.75) is 46.1 Å². The number of ether oxygens (including phenoxy) is 2. The summed E-state index contributed by atoms with van der Waals surface area (Å²) in [5.74, 6) is 1.42. The van der Waals surface area contributed by atoms with Gasteiger partial charge < -0.3 is 20.5 Å². The molecule has 0 saturated carbocycles. The Morgan fingerprint density at radius 1 is 1.04 bits per heavy atom. The minimum atomic E-state index is -0.520. The van der Waals surface area contributed by atoms with E-state index >= 15 is 0 Å². The Bertz CT molecular complexity index is 759. The Morgan fingerprint density at radius 3 is 2.19 bits per heavy atom. The number of anilines is 1. The molecule has 2 aromatic rings. The summed E-state index contributed by atoms with van der Waals surface area (Å²) in [6.07, 6.45) is 0. The number of rotatable bonds is 9. The zero-order valence-corrected chi connectivity index (χ0v) is 16.8. The molecule has 5 heteroatoms. The number of amides is 1. The molecule has 0 heterocycles. The molecule has 0 atom stereocenters. The number of carbonyl (C=O) groups excluding carboxylic acids is 1. The van der Waals surface area contributed by atoms with Gasteiger partial charge in [0.1, 0.15) is 0 Å². The second kappa shape index (κ2) is 9.31. The van der Waals surface area contributed by atoms with Crippen LogP contribution in [-0.2, 0) is 11.3 Å². The molecule has 0 unspecified atom stereocenters. The summed E-state index contributed by atoms with van der Waals surface area (Å²) < 4.78 is 10.8. The fourth-order valence-electron chi connectivity index (χ4n) is 3.04. The number of nitrogens with one attached hydrogen (secondary N) is 1. The van der Waals surface area contributed by atoms with Crippen LogP contribution in [0.15, 0.2) is 36.4 Å². The fraction of sp³-hybridized carbons (Fsp3) is 0.409. The maximum atomic E-state index is 11.0. The number of hydrogen-bond acceptors (Lipinski definition) is 4. The molecule has 0 bridgehead atoms. The molecule has 1 amide bonds. The summed E-state index contributed by atoms with van der Waals surface area (Å²) in [5.41, 5.74) is 10.0. The lowest BCUT2D eigenvalue weighted by Gasteiger charge is -2.21. The van der Waals surface area contributed by atoms with Crippen molar-refractivity contribution >= 4 is 11.6 Å². The second-order valence-corrected chi connectivity index (χ2v) is 7.21. The van der Waals surface area contributed by atoms with Gasteiger partial charge in [0.05, 0.1) is 7.11 Å². The van der Waals surface area contributed by atoms with Crippen LogP contribution in [0.2, 0.25) is 0 Å². The predicted molar refractivity (Wildman–Crippen MR) is 110 cm³/mol. The molecule has 0 saturated heterocycles. The molecule has 146 valence electrons.